The number of pyridine rings is 1. The predicted molar refractivity (Wildman–Crippen MR) is 48.3 cm³/mol. The highest BCUT2D eigenvalue weighted by molar-refractivity contribution is 9.10. The van der Waals surface area contributed by atoms with E-state index in [1.165, 1.54) is 6.07 Å². The Morgan fingerprint density at radius 1 is 1.67 bits per heavy atom. The molecule has 0 saturated heterocycles. The van der Waals surface area contributed by atoms with Crippen molar-refractivity contribution in [1.29, 1.82) is 0 Å². The van der Waals surface area contributed by atoms with Crippen LogP contribution in [0.5, 0.6) is 0 Å². The average Bonchev–Trinajstić information content (AvgIpc) is 2.04. The summed E-state index contributed by atoms with van der Waals surface area (Å²) in [6, 6.07) is 3.27. The van der Waals surface area contributed by atoms with Gasteiger partial charge in [-0.25, -0.2) is 9.78 Å². The molecule has 12 heavy (non-hydrogen) atoms. The molecule has 3 nitrogen and oxygen atoms in total. The van der Waals surface area contributed by atoms with Crippen molar-refractivity contribution in [3.63, 3.8) is 0 Å². The van der Waals surface area contributed by atoms with Gasteiger partial charge in [0.1, 0.15) is 10.3 Å². The summed E-state index contributed by atoms with van der Waals surface area (Å²) in [6.07, 6.45) is 0.841. The first-order chi connectivity index (χ1) is 5.65. The van der Waals surface area contributed by atoms with Gasteiger partial charge in [0.2, 0.25) is 0 Å². The van der Waals surface area contributed by atoms with Crippen LogP contribution in [0.15, 0.2) is 16.7 Å². The number of aryl methyl sites for hydroxylation is 1. The smallest absolute Gasteiger partial charge is 0.354 e. The average molecular weight is 230 g/mol. The lowest BCUT2D eigenvalue weighted by Gasteiger charge is -2.00. The quantitative estimate of drug-likeness (QED) is 0.791. The molecule has 4 heteroatoms. The second-order valence-electron chi connectivity index (χ2n) is 2.31. The molecule has 1 N–H and O–H groups in total. The van der Waals surface area contributed by atoms with Gasteiger partial charge in [0, 0.05) is 0 Å². The highest BCUT2D eigenvalue weighted by Crippen LogP contribution is 2.14. The van der Waals surface area contributed by atoms with E-state index in [4.69, 9.17) is 5.11 Å². The first-order valence-corrected chi connectivity index (χ1v) is 4.33. The molecule has 0 radical (unpaired) electrons. The van der Waals surface area contributed by atoms with Crippen LogP contribution in [0, 0.1) is 0 Å². The Morgan fingerprint density at radius 2 is 2.33 bits per heavy atom. The van der Waals surface area contributed by atoms with Gasteiger partial charge in [0.25, 0.3) is 0 Å². The van der Waals surface area contributed by atoms with Crippen LogP contribution < -0.4 is 0 Å². The van der Waals surface area contributed by atoms with Gasteiger partial charge in [-0.05, 0) is 34.0 Å². The highest BCUT2D eigenvalue weighted by atomic mass is 79.9. The van der Waals surface area contributed by atoms with E-state index in [1.54, 1.807) is 6.07 Å². The lowest BCUT2D eigenvalue weighted by atomic mass is 10.2. The lowest BCUT2D eigenvalue weighted by molar-refractivity contribution is 0.0690. The van der Waals surface area contributed by atoms with Gasteiger partial charge in [-0.15, -0.1) is 0 Å². The van der Waals surface area contributed by atoms with E-state index in [1.807, 2.05) is 6.92 Å². The standard InChI is InChI=1S/C8H8BrNO2/c1-2-5-3-4-6(8(11)12)10-7(5)9/h3-4H,2H2,1H3,(H,11,12). The van der Waals surface area contributed by atoms with Crippen molar-refractivity contribution in [2.45, 2.75) is 13.3 Å². The highest BCUT2D eigenvalue weighted by Gasteiger charge is 2.06. The predicted octanol–water partition coefficient (Wildman–Crippen LogP) is 2.10. The molecule has 0 amide bonds. The minimum Gasteiger partial charge on any atom is -0.477 e. The van der Waals surface area contributed by atoms with E-state index in [0.717, 1.165) is 12.0 Å². The van der Waals surface area contributed by atoms with Crippen LogP contribution in [-0.4, -0.2) is 16.1 Å². The summed E-state index contributed by atoms with van der Waals surface area (Å²) in [5.74, 6) is -1.00. The molecule has 0 saturated carbocycles. The van der Waals surface area contributed by atoms with Crippen LogP contribution in [0.4, 0.5) is 0 Å². The molecule has 1 aromatic rings. The number of nitrogens with zero attached hydrogens (tertiary/aromatic N) is 1. The van der Waals surface area contributed by atoms with Gasteiger partial charge in [0.15, 0.2) is 0 Å². The number of carboxylic acids is 1. The summed E-state index contributed by atoms with van der Waals surface area (Å²) in [7, 11) is 0. The third-order valence-corrected chi connectivity index (χ3v) is 2.21. The molecule has 0 aliphatic carbocycles. The normalized spacial score (nSPS) is 9.83. The number of aromatic nitrogens is 1. The molecular formula is C8H8BrNO2. The van der Waals surface area contributed by atoms with E-state index in [9.17, 15) is 4.79 Å². The van der Waals surface area contributed by atoms with Crippen molar-refractivity contribution in [3.05, 3.63) is 28.0 Å². The molecule has 0 aromatic carbocycles. The molecular weight excluding hydrogens is 222 g/mol. The van der Waals surface area contributed by atoms with Gasteiger partial charge >= 0.3 is 5.97 Å². The molecule has 1 aromatic heterocycles. The topological polar surface area (TPSA) is 50.2 Å². The van der Waals surface area contributed by atoms with E-state index in [-0.39, 0.29) is 5.69 Å². The maximum absolute atomic E-state index is 10.5. The van der Waals surface area contributed by atoms with Gasteiger partial charge in [-0.1, -0.05) is 13.0 Å². The third kappa shape index (κ3) is 1.82. The number of aromatic carboxylic acids is 1. The minimum absolute atomic E-state index is 0.0686. The molecule has 1 rings (SSSR count). The van der Waals surface area contributed by atoms with Crippen molar-refractivity contribution < 1.29 is 9.90 Å². The Labute approximate surface area is 78.6 Å². The summed E-state index contributed by atoms with van der Waals surface area (Å²) in [5, 5.41) is 8.59. The van der Waals surface area contributed by atoms with Gasteiger partial charge in [-0.3, -0.25) is 0 Å². The van der Waals surface area contributed by atoms with Gasteiger partial charge in [0.05, 0.1) is 0 Å². The maximum Gasteiger partial charge on any atom is 0.354 e. The van der Waals surface area contributed by atoms with E-state index in [2.05, 4.69) is 20.9 Å². The number of carbonyl (C=O) groups is 1. The second-order valence-corrected chi connectivity index (χ2v) is 3.06. The summed E-state index contributed by atoms with van der Waals surface area (Å²) in [5.41, 5.74) is 1.08. The van der Waals surface area contributed by atoms with Crippen molar-refractivity contribution in [2.24, 2.45) is 0 Å². The fraction of sp³-hybridized carbons (Fsp3) is 0.250. The fourth-order valence-electron chi connectivity index (χ4n) is 0.846. The largest absolute Gasteiger partial charge is 0.477 e. The van der Waals surface area contributed by atoms with Gasteiger partial charge < -0.3 is 5.11 Å². The van der Waals surface area contributed by atoms with Crippen molar-refractivity contribution in [3.8, 4) is 0 Å². The van der Waals surface area contributed by atoms with Crippen LogP contribution in [-0.2, 0) is 6.42 Å². The number of hydrogen-bond donors (Lipinski definition) is 1. The lowest BCUT2D eigenvalue weighted by Crippen LogP contribution is -2.01. The zero-order valence-corrected chi connectivity index (χ0v) is 8.13. The zero-order chi connectivity index (χ0) is 9.14. The van der Waals surface area contributed by atoms with Crippen LogP contribution in [0.2, 0.25) is 0 Å². The maximum atomic E-state index is 10.5. The summed E-state index contributed by atoms with van der Waals surface area (Å²) >= 11 is 3.20. The zero-order valence-electron chi connectivity index (χ0n) is 6.54. The van der Waals surface area contributed by atoms with Gasteiger partial charge in [-0.2, -0.15) is 0 Å². The Hall–Kier alpha value is -0.900. The Bertz CT molecular complexity index is 312. The Morgan fingerprint density at radius 3 is 2.75 bits per heavy atom. The van der Waals surface area contributed by atoms with E-state index in [0.29, 0.717) is 4.60 Å². The fourth-order valence-corrected chi connectivity index (χ4v) is 1.45. The number of hydrogen-bond acceptors (Lipinski definition) is 2. The number of halogens is 1. The summed E-state index contributed by atoms with van der Waals surface area (Å²) in [6.45, 7) is 1.99. The molecule has 64 valence electrons. The molecule has 0 aliphatic heterocycles. The van der Waals surface area contributed by atoms with Crippen LogP contribution in [0.1, 0.15) is 23.0 Å². The summed E-state index contributed by atoms with van der Waals surface area (Å²) in [4.78, 5) is 14.3. The number of rotatable bonds is 2. The summed E-state index contributed by atoms with van der Waals surface area (Å²) < 4.78 is 0.616. The van der Waals surface area contributed by atoms with Crippen LogP contribution >= 0.6 is 15.9 Å². The van der Waals surface area contributed by atoms with Crippen molar-refractivity contribution >= 4 is 21.9 Å². The minimum atomic E-state index is -1.00. The third-order valence-electron chi connectivity index (χ3n) is 1.53. The molecule has 1 heterocycles. The monoisotopic (exact) mass is 229 g/mol. The molecule has 0 bridgehead atoms. The SMILES string of the molecule is CCc1ccc(C(=O)O)nc1Br. The molecule has 0 atom stereocenters. The van der Waals surface area contributed by atoms with Crippen molar-refractivity contribution in [2.75, 3.05) is 0 Å². The second kappa shape index (κ2) is 3.67. The molecule has 0 fully saturated rings. The molecule has 0 unspecified atom stereocenters. The van der Waals surface area contributed by atoms with E-state index >= 15 is 0 Å². The first-order valence-electron chi connectivity index (χ1n) is 3.54. The van der Waals surface area contributed by atoms with Crippen molar-refractivity contribution in [1.82, 2.24) is 4.98 Å². The Kier molecular flexibility index (Phi) is 2.81. The van der Waals surface area contributed by atoms with Crippen LogP contribution in [0.3, 0.4) is 0 Å². The number of carboxylic acid groups (broad SMARTS) is 1. The molecule has 0 aliphatic rings. The van der Waals surface area contributed by atoms with E-state index < -0.39 is 5.97 Å². The molecule has 0 spiro atoms. The first kappa shape index (κ1) is 9.19. The Balaban J connectivity index is 3.10. The van der Waals surface area contributed by atoms with Crippen LogP contribution in [0.25, 0.3) is 0 Å².